The molecule has 10 heteroatoms. The summed E-state index contributed by atoms with van der Waals surface area (Å²) in [7, 11) is 0. The third-order valence-corrected chi connectivity index (χ3v) is 4.85. The zero-order valence-corrected chi connectivity index (χ0v) is 15.0. The third kappa shape index (κ3) is 4.69. The number of rotatable bonds is 6. The van der Waals surface area contributed by atoms with E-state index < -0.39 is 61.9 Å². The Morgan fingerprint density at radius 1 is 0.857 bits per heavy atom. The lowest BCUT2D eigenvalue weighted by molar-refractivity contribution is -0.344. The molecule has 0 aromatic heterocycles. The second-order valence-electron chi connectivity index (χ2n) is 6.85. The van der Waals surface area contributed by atoms with Gasteiger partial charge in [-0.2, -0.15) is 0 Å². The van der Waals surface area contributed by atoms with Crippen LogP contribution in [0.2, 0.25) is 0 Å². The number of aliphatic hydroxyl groups excluding tert-OH is 6. The van der Waals surface area contributed by atoms with Crippen molar-refractivity contribution in [1.82, 2.24) is 0 Å². The lowest BCUT2D eigenvalue weighted by atomic mass is 9.99. The molecule has 0 aliphatic carbocycles. The van der Waals surface area contributed by atoms with Gasteiger partial charge in [-0.25, -0.2) is 0 Å². The Morgan fingerprint density at radius 2 is 1.54 bits per heavy atom. The molecule has 2 fully saturated rings. The molecule has 1 aromatic carbocycles. The number of aliphatic hydroxyl groups is 6. The first-order valence-electron chi connectivity index (χ1n) is 9.01. The van der Waals surface area contributed by atoms with Crippen molar-refractivity contribution in [2.45, 2.75) is 61.9 Å². The lowest BCUT2D eigenvalue weighted by Crippen LogP contribution is -2.62. The molecule has 158 valence electrons. The van der Waals surface area contributed by atoms with E-state index in [4.69, 9.17) is 18.9 Å². The van der Waals surface area contributed by atoms with Crippen molar-refractivity contribution in [2.75, 3.05) is 13.2 Å². The van der Waals surface area contributed by atoms with Crippen LogP contribution < -0.4 is 0 Å². The van der Waals surface area contributed by atoms with Crippen molar-refractivity contribution in [3.63, 3.8) is 0 Å². The summed E-state index contributed by atoms with van der Waals surface area (Å²) >= 11 is 0. The lowest BCUT2D eigenvalue weighted by Gasteiger charge is -2.43. The van der Waals surface area contributed by atoms with E-state index in [-0.39, 0.29) is 13.2 Å². The summed E-state index contributed by atoms with van der Waals surface area (Å²) in [6, 6.07) is 9.24. The Balaban J connectivity index is 1.55. The molecule has 0 unspecified atom stereocenters. The van der Waals surface area contributed by atoms with E-state index in [0.717, 1.165) is 5.56 Å². The Kier molecular flexibility index (Phi) is 7.34. The summed E-state index contributed by atoms with van der Waals surface area (Å²) in [5.74, 6) is 0. The van der Waals surface area contributed by atoms with Crippen molar-refractivity contribution in [1.29, 1.82) is 0 Å². The van der Waals surface area contributed by atoms with Crippen LogP contribution in [0.3, 0.4) is 0 Å². The normalized spacial score (nSPS) is 41.7. The van der Waals surface area contributed by atoms with Gasteiger partial charge in [0.15, 0.2) is 12.6 Å². The van der Waals surface area contributed by atoms with Crippen LogP contribution in [0.5, 0.6) is 0 Å². The fourth-order valence-corrected chi connectivity index (χ4v) is 3.14. The standard InChI is InChI=1S/C18H26O10/c19-6-10-12(20)14(22)16(24)18(27-10)28-11-8-26-17(15(23)13(11)21)25-7-9-4-2-1-3-5-9/h1-5,10-24H,6-8H2/t10-,11-,12+,13+,14+,15-,16-,17+,18+/m1/s1. The summed E-state index contributed by atoms with van der Waals surface area (Å²) in [5.41, 5.74) is 0.868. The molecule has 2 aliphatic rings. The fourth-order valence-electron chi connectivity index (χ4n) is 3.14. The Bertz CT molecular complexity index is 599. The van der Waals surface area contributed by atoms with Gasteiger partial charge in [-0.1, -0.05) is 30.3 Å². The van der Waals surface area contributed by atoms with Gasteiger partial charge in [-0.3, -0.25) is 0 Å². The highest BCUT2D eigenvalue weighted by Crippen LogP contribution is 2.26. The first-order valence-corrected chi connectivity index (χ1v) is 9.01. The molecule has 1 aromatic rings. The average molecular weight is 402 g/mol. The maximum atomic E-state index is 10.3. The molecule has 9 atom stereocenters. The first kappa shape index (κ1) is 21.5. The van der Waals surface area contributed by atoms with Crippen molar-refractivity contribution in [2.24, 2.45) is 0 Å². The van der Waals surface area contributed by atoms with Gasteiger partial charge in [-0.15, -0.1) is 0 Å². The summed E-state index contributed by atoms with van der Waals surface area (Å²) in [6.07, 6.45) is -12.3. The largest absolute Gasteiger partial charge is 0.394 e. The highest BCUT2D eigenvalue weighted by Gasteiger charge is 2.47. The van der Waals surface area contributed by atoms with E-state index in [0.29, 0.717) is 0 Å². The fraction of sp³-hybridized carbons (Fsp3) is 0.667. The minimum atomic E-state index is -1.62. The van der Waals surface area contributed by atoms with Gasteiger partial charge in [0.25, 0.3) is 0 Å². The number of hydrogen-bond acceptors (Lipinski definition) is 10. The molecule has 0 saturated carbocycles. The molecule has 0 bridgehead atoms. The second-order valence-corrected chi connectivity index (χ2v) is 6.85. The average Bonchev–Trinajstić information content (AvgIpc) is 2.71. The summed E-state index contributed by atoms with van der Waals surface area (Å²) in [6.45, 7) is -0.604. The molecule has 0 spiro atoms. The predicted octanol–water partition coefficient (Wildman–Crippen LogP) is -2.53. The van der Waals surface area contributed by atoms with Crippen molar-refractivity contribution >= 4 is 0 Å². The number of benzene rings is 1. The van der Waals surface area contributed by atoms with Crippen molar-refractivity contribution < 1.29 is 49.6 Å². The monoisotopic (exact) mass is 402 g/mol. The van der Waals surface area contributed by atoms with Gasteiger partial charge in [-0.05, 0) is 5.56 Å². The van der Waals surface area contributed by atoms with Crippen LogP contribution >= 0.6 is 0 Å². The molecular weight excluding hydrogens is 376 g/mol. The molecule has 28 heavy (non-hydrogen) atoms. The van der Waals surface area contributed by atoms with Crippen LogP contribution in [0, 0.1) is 0 Å². The van der Waals surface area contributed by atoms with E-state index in [2.05, 4.69) is 0 Å². The molecule has 0 amide bonds. The van der Waals surface area contributed by atoms with Gasteiger partial charge in [0, 0.05) is 0 Å². The second kappa shape index (κ2) is 9.55. The molecular formula is C18H26O10. The van der Waals surface area contributed by atoms with Crippen molar-refractivity contribution in [3.8, 4) is 0 Å². The third-order valence-electron chi connectivity index (χ3n) is 4.85. The molecule has 2 saturated heterocycles. The van der Waals surface area contributed by atoms with E-state index in [1.54, 1.807) is 0 Å². The summed E-state index contributed by atoms with van der Waals surface area (Å²) in [4.78, 5) is 0. The number of hydrogen-bond donors (Lipinski definition) is 6. The van der Waals surface area contributed by atoms with Gasteiger partial charge in [0.1, 0.15) is 42.7 Å². The molecule has 2 aliphatic heterocycles. The Hall–Kier alpha value is -1.18. The quantitative estimate of drug-likeness (QED) is 0.300. The van der Waals surface area contributed by atoms with Crippen LogP contribution in [-0.4, -0.2) is 99.2 Å². The first-order chi connectivity index (χ1) is 13.4. The van der Waals surface area contributed by atoms with Crippen LogP contribution in [0.4, 0.5) is 0 Å². The smallest absolute Gasteiger partial charge is 0.187 e. The zero-order valence-electron chi connectivity index (χ0n) is 15.0. The summed E-state index contributed by atoms with van der Waals surface area (Å²) < 4.78 is 21.6. The van der Waals surface area contributed by atoms with Crippen LogP contribution in [0.15, 0.2) is 30.3 Å². The predicted molar refractivity (Wildman–Crippen MR) is 91.6 cm³/mol. The zero-order chi connectivity index (χ0) is 20.3. The van der Waals surface area contributed by atoms with E-state index in [1.165, 1.54) is 0 Å². The van der Waals surface area contributed by atoms with E-state index in [1.807, 2.05) is 30.3 Å². The highest BCUT2D eigenvalue weighted by atomic mass is 16.7. The van der Waals surface area contributed by atoms with Gasteiger partial charge in [0.2, 0.25) is 0 Å². The summed E-state index contributed by atoms with van der Waals surface area (Å²) in [5, 5.41) is 59.4. The maximum absolute atomic E-state index is 10.3. The van der Waals surface area contributed by atoms with E-state index >= 15 is 0 Å². The van der Waals surface area contributed by atoms with Crippen LogP contribution in [0.25, 0.3) is 0 Å². The van der Waals surface area contributed by atoms with Gasteiger partial charge >= 0.3 is 0 Å². The van der Waals surface area contributed by atoms with Crippen LogP contribution in [-0.2, 0) is 25.6 Å². The molecule has 0 radical (unpaired) electrons. The molecule has 10 nitrogen and oxygen atoms in total. The van der Waals surface area contributed by atoms with Crippen LogP contribution in [0.1, 0.15) is 5.56 Å². The molecule has 3 rings (SSSR count). The minimum absolute atomic E-state index is 0.174. The minimum Gasteiger partial charge on any atom is -0.394 e. The van der Waals surface area contributed by atoms with Gasteiger partial charge < -0.3 is 49.6 Å². The highest BCUT2D eigenvalue weighted by molar-refractivity contribution is 5.13. The maximum Gasteiger partial charge on any atom is 0.187 e. The Morgan fingerprint density at radius 3 is 2.21 bits per heavy atom. The van der Waals surface area contributed by atoms with E-state index in [9.17, 15) is 30.6 Å². The van der Waals surface area contributed by atoms with Gasteiger partial charge in [0.05, 0.1) is 19.8 Å². The molecule has 2 heterocycles. The SMILES string of the molecule is OC[C@H]1O[C@@H](O[C@@H]2CO[C@H](OCc3ccccc3)[C@H](O)[C@H]2O)[C@H](O)[C@@H](O)[C@H]1O. The molecule has 6 N–H and O–H groups in total. The van der Waals surface area contributed by atoms with Crippen molar-refractivity contribution in [3.05, 3.63) is 35.9 Å². The topological polar surface area (TPSA) is 158 Å². The Labute approximate surface area is 161 Å². The number of ether oxygens (including phenoxy) is 4.